The highest BCUT2D eigenvalue weighted by molar-refractivity contribution is 7.41. The first-order chi connectivity index (χ1) is 8.70. The summed E-state index contributed by atoms with van der Waals surface area (Å²) < 4.78 is 2.82. The third-order valence-electron chi connectivity index (χ3n) is 2.93. The second-order valence-electron chi connectivity index (χ2n) is 4.01. The number of rotatable bonds is 1. The van der Waals surface area contributed by atoms with Gasteiger partial charge in [-0.05, 0) is 12.1 Å². The molecule has 0 aliphatic carbocycles. The molecule has 0 aliphatic rings. The smallest absolute Gasteiger partial charge is 0.264 e. The highest BCUT2D eigenvalue weighted by Crippen LogP contribution is 2.40. The Bertz CT molecular complexity index is 788. The van der Waals surface area contributed by atoms with E-state index in [0.29, 0.717) is 5.02 Å². The van der Waals surface area contributed by atoms with Crippen LogP contribution in [0.15, 0.2) is 53.3 Å². The van der Waals surface area contributed by atoms with Crippen LogP contribution in [0.5, 0.6) is 0 Å². The Morgan fingerprint density at radius 1 is 1.06 bits per heavy atom. The van der Waals surface area contributed by atoms with Crippen LogP contribution in [-0.2, 0) is 7.05 Å². The zero-order chi connectivity index (χ0) is 12.7. The van der Waals surface area contributed by atoms with Crippen molar-refractivity contribution >= 4 is 32.4 Å². The summed E-state index contributed by atoms with van der Waals surface area (Å²) in [4.78, 5) is 13.2. The molecule has 0 saturated carbocycles. The van der Waals surface area contributed by atoms with Crippen LogP contribution in [-0.4, -0.2) is 3.96 Å². The molecule has 0 bridgehead atoms. The van der Waals surface area contributed by atoms with Crippen molar-refractivity contribution in [2.45, 2.75) is 0 Å². The highest BCUT2D eigenvalue weighted by atomic mass is 35.5. The van der Waals surface area contributed by atoms with E-state index >= 15 is 0 Å². The van der Waals surface area contributed by atoms with Crippen molar-refractivity contribution in [1.82, 2.24) is 3.96 Å². The number of hydrogen-bond acceptors (Lipinski definition) is 1. The molecular formula is C14H11ClNOS+. The number of benzene rings is 2. The normalized spacial score (nSPS) is 12.0. The molecule has 1 atom stereocenters. The zero-order valence-corrected chi connectivity index (χ0v) is 11.3. The molecule has 3 rings (SSSR count). The molecule has 0 N–H and O–H groups in total. The lowest BCUT2D eigenvalue weighted by atomic mass is 10.3. The maximum atomic E-state index is 12.2. The summed E-state index contributed by atoms with van der Waals surface area (Å²) >= 11 is 6.25. The van der Waals surface area contributed by atoms with Gasteiger partial charge in [-0.15, -0.1) is 3.96 Å². The number of nitrogens with zero attached hydrogens (tertiary/aromatic N) is 1. The van der Waals surface area contributed by atoms with Crippen LogP contribution in [0, 0.1) is 0 Å². The van der Waals surface area contributed by atoms with Crippen LogP contribution in [0.3, 0.4) is 0 Å². The molecule has 1 heterocycles. The average molecular weight is 277 g/mol. The van der Waals surface area contributed by atoms with Gasteiger partial charge in [0.1, 0.15) is 21.1 Å². The topological polar surface area (TPSA) is 22.0 Å². The Labute approximate surface area is 112 Å². The Hall–Kier alpha value is -1.58. The van der Waals surface area contributed by atoms with Gasteiger partial charge in [-0.25, -0.2) is 0 Å². The second kappa shape index (κ2) is 4.26. The van der Waals surface area contributed by atoms with E-state index in [2.05, 4.69) is 0 Å². The largest absolute Gasteiger partial charge is 0.304 e. The van der Waals surface area contributed by atoms with E-state index in [1.165, 1.54) is 0 Å². The van der Waals surface area contributed by atoms with Gasteiger partial charge in [0.25, 0.3) is 0 Å². The Kier molecular flexibility index (Phi) is 2.73. The van der Waals surface area contributed by atoms with Crippen molar-refractivity contribution < 1.29 is 0 Å². The predicted octanol–water partition coefficient (Wildman–Crippen LogP) is 3.93. The quantitative estimate of drug-likeness (QED) is 0.617. The standard InChI is InChI=1S/C14H11ClNOS/c1-16-14(17)10-6-2-4-8-12(10)18(16)13-9-5-3-7-11(13)15/h2-9H,1H3/q+1. The molecule has 2 aromatic carbocycles. The Balaban J connectivity index is 2.47. The summed E-state index contributed by atoms with van der Waals surface area (Å²) in [5.41, 5.74) is 0.0638. The van der Waals surface area contributed by atoms with E-state index in [-0.39, 0.29) is 5.56 Å². The summed E-state index contributed by atoms with van der Waals surface area (Å²) in [6, 6.07) is 15.4. The minimum Gasteiger partial charge on any atom is -0.264 e. The number of fused-ring (bicyclic) bond motifs is 1. The van der Waals surface area contributed by atoms with Crippen molar-refractivity contribution in [1.29, 1.82) is 0 Å². The fourth-order valence-electron chi connectivity index (χ4n) is 2.08. The van der Waals surface area contributed by atoms with Crippen LogP contribution in [0.25, 0.3) is 15.0 Å². The summed E-state index contributed by atoms with van der Waals surface area (Å²) in [7, 11) is 1.43. The van der Waals surface area contributed by atoms with E-state index in [0.717, 1.165) is 15.0 Å². The molecule has 0 radical (unpaired) electrons. The molecule has 0 fully saturated rings. The van der Waals surface area contributed by atoms with Gasteiger partial charge < -0.3 is 0 Å². The molecule has 18 heavy (non-hydrogen) atoms. The molecular weight excluding hydrogens is 266 g/mol. The van der Waals surface area contributed by atoms with Gasteiger partial charge in [-0.2, -0.15) is 0 Å². The molecule has 90 valence electrons. The minimum atomic E-state index is -0.400. The fraction of sp³-hybridized carbons (Fsp3) is 0.0714. The maximum Gasteiger partial charge on any atom is 0.304 e. The number of halogens is 1. The van der Waals surface area contributed by atoms with Gasteiger partial charge in [0.05, 0.1) is 7.05 Å². The molecule has 3 aromatic rings. The molecule has 0 aliphatic heterocycles. The third-order valence-corrected chi connectivity index (χ3v) is 5.63. The van der Waals surface area contributed by atoms with Gasteiger partial charge in [0.15, 0.2) is 0 Å². The summed E-state index contributed by atoms with van der Waals surface area (Å²) in [6.07, 6.45) is 0. The Morgan fingerprint density at radius 2 is 1.72 bits per heavy atom. The zero-order valence-electron chi connectivity index (χ0n) is 9.76. The number of aromatic nitrogens is 1. The van der Waals surface area contributed by atoms with Gasteiger partial charge in [0, 0.05) is 12.1 Å². The van der Waals surface area contributed by atoms with E-state index in [4.69, 9.17) is 11.6 Å². The van der Waals surface area contributed by atoms with Crippen molar-refractivity contribution in [2.24, 2.45) is 7.05 Å². The second-order valence-corrected chi connectivity index (χ2v) is 6.42. The molecule has 0 amide bonds. The summed E-state index contributed by atoms with van der Waals surface area (Å²) in [5.74, 6) is 0. The lowest BCUT2D eigenvalue weighted by Crippen LogP contribution is -2.09. The van der Waals surface area contributed by atoms with E-state index in [1.54, 1.807) is 3.96 Å². The van der Waals surface area contributed by atoms with Gasteiger partial charge in [-0.3, -0.25) is 4.79 Å². The first-order valence-corrected chi connectivity index (χ1v) is 7.12. The molecule has 0 saturated heterocycles. The molecule has 2 nitrogen and oxygen atoms in total. The van der Waals surface area contributed by atoms with Crippen LogP contribution >= 0.6 is 22.3 Å². The maximum absolute atomic E-state index is 12.2. The first-order valence-electron chi connectivity index (χ1n) is 5.56. The van der Waals surface area contributed by atoms with E-state index in [9.17, 15) is 4.79 Å². The van der Waals surface area contributed by atoms with Crippen molar-refractivity contribution in [3.05, 3.63) is 63.9 Å². The lowest BCUT2D eigenvalue weighted by molar-refractivity contribution is 0.984. The van der Waals surface area contributed by atoms with Crippen molar-refractivity contribution in [2.75, 3.05) is 0 Å². The lowest BCUT2D eigenvalue weighted by Gasteiger charge is -1.95. The monoisotopic (exact) mass is 276 g/mol. The molecule has 1 unspecified atom stereocenters. The van der Waals surface area contributed by atoms with Crippen molar-refractivity contribution in [3.8, 4) is 4.90 Å². The van der Waals surface area contributed by atoms with Crippen LogP contribution < -0.4 is 5.56 Å². The van der Waals surface area contributed by atoms with E-state index in [1.807, 2.05) is 55.6 Å². The third kappa shape index (κ3) is 1.59. The predicted molar refractivity (Wildman–Crippen MR) is 78.0 cm³/mol. The fourth-order valence-corrected chi connectivity index (χ4v) is 4.56. The first kappa shape index (κ1) is 11.5. The van der Waals surface area contributed by atoms with Crippen molar-refractivity contribution in [3.63, 3.8) is 0 Å². The molecule has 4 heteroatoms. The number of hydrogen-bond donors (Lipinski definition) is 0. The SMILES string of the molecule is Cn1c(=O)c2ccccc2[s+]1-c1ccccc1Cl. The van der Waals surface area contributed by atoms with Crippen LogP contribution in [0.1, 0.15) is 0 Å². The molecule has 1 aromatic heterocycles. The minimum absolute atomic E-state index is 0.0638. The van der Waals surface area contributed by atoms with Gasteiger partial charge in [0.2, 0.25) is 9.60 Å². The highest BCUT2D eigenvalue weighted by Gasteiger charge is 2.25. The summed E-state index contributed by atoms with van der Waals surface area (Å²) in [5, 5.41) is 1.49. The van der Waals surface area contributed by atoms with Gasteiger partial charge >= 0.3 is 5.56 Å². The van der Waals surface area contributed by atoms with Crippen LogP contribution in [0.2, 0.25) is 5.02 Å². The van der Waals surface area contributed by atoms with Crippen LogP contribution in [0.4, 0.5) is 0 Å². The van der Waals surface area contributed by atoms with Gasteiger partial charge in [-0.1, -0.05) is 35.9 Å². The summed E-state index contributed by atoms with van der Waals surface area (Å²) in [6.45, 7) is 0. The van der Waals surface area contributed by atoms with E-state index < -0.39 is 10.7 Å². The molecule has 0 spiro atoms. The average Bonchev–Trinajstić information content (AvgIpc) is 2.64. The Morgan fingerprint density at radius 3 is 2.50 bits per heavy atom.